The van der Waals surface area contributed by atoms with Crippen molar-refractivity contribution in [2.45, 2.75) is 63.6 Å². The third kappa shape index (κ3) is 0.535. The predicted octanol–water partition coefficient (Wildman–Crippen LogP) is 1.84. The van der Waals surface area contributed by atoms with Gasteiger partial charge >= 0.3 is 0 Å². The molecule has 0 bridgehead atoms. The Morgan fingerprint density at radius 2 is 0.938 bits per heavy atom. The molecule has 0 heterocycles. The molecule has 0 radical (unpaired) electrons. The Balaban J connectivity index is 1.72. The first-order valence-electron chi connectivity index (χ1n) is 7.00. The summed E-state index contributed by atoms with van der Waals surface area (Å²) in [5.41, 5.74) is 0.654. The van der Waals surface area contributed by atoms with Crippen LogP contribution in [0.15, 0.2) is 0 Å². The van der Waals surface area contributed by atoms with Crippen LogP contribution < -0.4 is 0 Å². The fourth-order valence-electron chi connectivity index (χ4n) is 6.91. The van der Waals surface area contributed by atoms with Crippen LogP contribution in [0.4, 0.5) is 0 Å². The first kappa shape index (κ1) is 8.93. The number of rotatable bonds is 0. The second-order valence-corrected chi connectivity index (χ2v) is 7.49. The van der Waals surface area contributed by atoms with Crippen LogP contribution in [0, 0.1) is 21.7 Å². The van der Waals surface area contributed by atoms with Crippen LogP contribution in [0.5, 0.6) is 0 Å². The summed E-state index contributed by atoms with van der Waals surface area (Å²) in [7, 11) is 0. The first-order chi connectivity index (χ1) is 7.64. The Kier molecular flexibility index (Phi) is 1.12. The van der Waals surface area contributed by atoms with Crippen LogP contribution in [0.2, 0.25) is 0 Å². The van der Waals surface area contributed by atoms with E-state index in [9.17, 15) is 10.2 Å². The van der Waals surface area contributed by atoms with E-state index in [2.05, 4.69) is 0 Å². The second kappa shape index (κ2) is 2.01. The smallest absolute Gasteiger partial charge is 0.0665 e. The lowest BCUT2D eigenvalue weighted by atomic mass is 9.67. The third-order valence-electron chi connectivity index (χ3n) is 7.58. The van der Waals surface area contributed by atoms with Crippen LogP contribution in [-0.2, 0) is 0 Å². The highest BCUT2D eigenvalue weighted by molar-refractivity contribution is 5.41. The molecule has 0 aliphatic heterocycles. The van der Waals surface area contributed by atoms with Crippen molar-refractivity contribution < 1.29 is 10.2 Å². The Bertz CT molecular complexity index is 338. The zero-order valence-corrected chi connectivity index (χ0v) is 9.71. The average Bonchev–Trinajstić information content (AvgIpc) is 3.05. The van der Waals surface area contributed by atoms with Crippen LogP contribution in [-0.4, -0.2) is 22.4 Å². The molecule has 5 saturated carbocycles. The van der Waals surface area contributed by atoms with Crippen LogP contribution in [0.1, 0.15) is 51.4 Å². The number of hydrogen-bond donors (Lipinski definition) is 2. The minimum atomic E-state index is -0.0756. The fourth-order valence-corrected chi connectivity index (χ4v) is 6.91. The average molecular weight is 220 g/mol. The number of aliphatic hydroxyl groups is 2. The van der Waals surface area contributed by atoms with E-state index in [-0.39, 0.29) is 33.9 Å². The summed E-state index contributed by atoms with van der Waals surface area (Å²) in [5, 5.41) is 21.7. The summed E-state index contributed by atoms with van der Waals surface area (Å²) in [6, 6.07) is 0. The molecule has 5 fully saturated rings. The Hall–Kier alpha value is -0.0800. The maximum atomic E-state index is 10.8. The number of aliphatic hydroxyl groups excluding tert-OH is 2. The maximum Gasteiger partial charge on any atom is 0.0665 e. The van der Waals surface area contributed by atoms with E-state index in [1.54, 1.807) is 0 Å². The van der Waals surface area contributed by atoms with Gasteiger partial charge in [-0.15, -0.1) is 0 Å². The van der Waals surface area contributed by atoms with E-state index in [1.807, 2.05) is 0 Å². The van der Waals surface area contributed by atoms with Crippen molar-refractivity contribution >= 4 is 0 Å². The Labute approximate surface area is 96.0 Å². The lowest BCUT2D eigenvalue weighted by Crippen LogP contribution is -2.48. The molecule has 2 heteroatoms. The van der Waals surface area contributed by atoms with Gasteiger partial charge in [-0.2, -0.15) is 0 Å². The van der Waals surface area contributed by atoms with Gasteiger partial charge in [0.1, 0.15) is 0 Å². The van der Waals surface area contributed by atoms with Gasteiger partial charge in [-0.1, -0.05) is 12.8 Å². The molecule has 2 unspecified atom stereocenters. The van der Waals surface area contributed by atoms with Crippen LogP contribution in [0.25, 0.3) is 0 Å². The van der Waals surface area contributed by atoms with Gasteiger partial charge in [0.2, 0.25) is 0 Å². The number of hydrogen-bond acceptors (Lipinski definition) is 2. The third-order valence-corrected chi connectivity index (χ3v) is 7.58. The van der Waals surface area contributed by atoms with E-state index in [0.717, 1.165) is 12.8 Å². The fraction of sp³-hybridized carbons (Fsp3) is 1.00. The van der Waals surface area contributed by atoms with Gasteiger partial charge in [-0.25, -0.2) is 0 Å². The summed E-state index contributed by atoms with van der Waals surface area (Å²) in [6.45, 7) is 0. The SMILES string of the molecule is OC1[C@@]23CCC[C@@]2(C3)C(O)[C@@]23CCC[C@@]12C3. The van der Waals surface area contributed by atoms with Crippen molar-refractivity contribution in [3.8, 4) is 0 Å². The van der Waals surface area contributed by atoms with E-state index in [4.69, 9.17) is 0 Å². The molecule has 2 nitrogen and oxygen atoms in total. The van der Waals surface area contributed by atoms with Gasteiger partial charge in [0.15, 0.2) is 0 Å². The zero-order chi connectivity index (χ0) is 10.8. The molecule has 6 atom stereocenters. The van der Waals surface area contributed by atoms with Gasteiger partial charge in [-0.05, 0) is 38.5 Å². The van der Waals surface area contributed by atoms with Crippen molar-refractivity contribution in [1.82, 2.24) is 0 Å². The summed E-state index contributed by atoms with van der Waals surface area (Å²) in [6.07, 6.45) is 9.32. The highest BCUT2D eigenvalue weighted by Gasteiger charge is 2.92. The molecule has 0 aromatic carbocycles. The second-order valence-electron chi connectivity index (χ2n) is 7.49. The van der Waals surface area contributed by atoms with Crippen molar-refractivity contribution in [2.24, 2.45) is 21.7 Å². The van der Waals surface area contributed by atoms with Gasteiger partial charge < -0.3 is 10.2 Å². The summed E-state index contributed by atoms with van der Waals surface area (Å²) in [5.74, 6) is 0. The van der Waals surface area contributed by atoms with Crippen molar-refractivity contribution in [1.29, 1.82) is 0 Å². The van der Waals surface area contributed by atoms with E-state index in [0.29, 0.717) is 0 Å². The van der Waals surface area contributed by atoms with E-state index < -0.39 is 0 Å². The van der Waals surface area contributed by atoms with E-state index >= 15 is 0 Å². The molecule has 5 aliphatic carbocycles. The van der Waals surface area contributed by atoms with Crippen LogP contribution >= 0.6 is 0 Å². The summed E-state index contributed by atoms with van der Waals surface area (Å²) >= 11 is 0. The van der Waals surface area contributed by atoms with E-state index in [1.165, 1.54) is 38.5 Å². The maximum absolute atomic E-state index is 10.8. The molecule has 0 spiro atoms. The molecule has 0 aromatic rings. The lowest BCUT2D eigenvalue weighted by molar-refractivity contribution is -0.0969. The molecule has 88 valence electrons. The molecule has 16 heavy (non-hydrogen) atoms. The molecule has 5 rings (SSSR count). The van der Waals surface area contributed by atoms with Crippen molar-refractivity contribution in [3.63, 3.8) is 0 Å². The largest absolute Gasteiger partial charge is 0.392 e. The topological polar surface area (TPSA) is 40.5 Å². The van der Waals surface area contributed by atoms with Crippen LogP contribution in [0.3, 0.4) is 0 Å². The van der Waals surface area contributed by atoms with Gasteiger partial charge in [0.25, 0.3) is 0 Å². The lowest BCUT2D eigenvalue weighted by Gasteiger charge is -2.42. The van der Waals surface area contributed by atoms with Gasteiger partial charge in [-0.3, -0.25) is 0 Å². The predicted molar refractivity (Wildman–Crippen MR) is 58.7 cm³/mol. The zero-order valence-electron chi connectivity index (χ0n) is 9.71. The Morgan fingerprint density at radius 3 is 1.25 bits per heavy atom. The monoisotopic (exact) mass is 220 g/mol. The minimum Gasteiger partial charge on any atom is -0.392 e. The molecular formula is C14H20O2. The minimum absolute atomic E-state index is 0.0756. The summed E-state index contributed by atoms with van der Waals surface area (Å²) in [4.78, 5) is 0. The molecule has 0 saturated heterocycles. The summed E-state index contributed by atoms with van der Waals surface area (Å²) < 4.78 is 0. The molecule has 0 aromatic heterocycles. The van der Waals surface area contributed by atoms with Crippen molar-refractivity contribution in [2.75, 3.05) is 0 Å². The molecule has 2 N–H and O–H groups in total. The standard InChI is InChI=1S/C14H20O2/c15-9-11-3-1-4-12(11,7-11)10(16)14-6-2-5-13(9,14)8-14/h9-10,15-16H,1-8H2/t9?,10?,11-,12+,13+,14-. The Morgan fingerprint density at radius 1 is 0.625 bits per heavy atom. The quantitative estimate of drug-likeness (QED) is 0.654. The molecular weight excluding hydrogens is 200 g/mol. The van der Waals surface area contributed by atoms with Gasteiger partial charge in [0.05, 0.1) is 12.2 Å². The highest BCUT2D eigenvalue weighted by Crippen LogP contribution is 2.93. The van der Waals surface area contributed by atoms with Gasteiger partial charge in [0, 0.05) is 21.7 Å². The normalized spacial score (nSPS) is 73.9. The highest BCUT2D eigenvalue weighted by atomic mass is 16.3. The molecule has 0 amide bonds. The van der Waals surface area contributed by atoms with Crippen molar-refractivity contribution in [3.05, 3.63) is 0 Å². The molecule has 5 aliphatic rings. The first-order valence-corrected chi connectivity index (χ1v) is 7.00.